The van der Waals surface area contributed by atoms with Crippen LogP contribution in [0, 0.1) is 5.41 Å². The second-order valence-corrected chi connectivity index (χ2v) is 4.51. The Morgan fingerprint density at radius 2 is 1.94 bits per heavy atom. The van der Waals surface area contributed by atoms with Gasteiger partial charge in [0.1, 0.15) is 0 Å². The Bertz CT molecular complexity index is 462. The van der Waals surface area contributed by atoms with Crippen molar-refractivity contribution in [3.63, 3.8) is 0 Å². The fourth-order valence-electron chi connectivity index (χ4n) is 1.73. The van der Waals surface area contributed by atoms with Gasteiger partial charge in [0.05, 0.1) is 18.1 Å². The molecular weight excluding hydrogens is 234 g/mol. The standard InChI is InChI=1S/C13H15NO4/c1-18-11(15)9-2-4-10(5-3-9)14-8-13(6-7-13)12(16)17/h2-5,14H,6-8H2,1H3,(H,16,17). The molecule has 2 N–H and O–H groups in total. The summed E-state index contributed by atoms with van der Waals surface area (Å²) >= 11 is 0. The van der Waals surface area contributed by atoms with Crippen LogP contribution in [-0.4, -0.2) is 30.7 Å². The molecule has 0 aliphatic heterocycles. The van der Waals surface area contributed by atoms with Crippen molar-refractivity contribution in [2.24, 2.45) is 5.41 Å². The van der Waals surface area contributed by atoms with Crippen molar-refractivity contribution < 1.29 is 19.4 Å². The van der Waals surface area contributed by atoms with Gasteiger partial charge < -0.3 is 15.2 Å². The molecule has 1 aliphatic carbocycles. The number of carbonyl (C=O) groups excluding carboxylic acids is 1. The molecule has 0 spiro atoms. The van der Waals surface area contributed by atoms with Crippen LogP contribution in [0.1, 0.15) is 23.2 Å². The van der Waals surface area contributed by atoms with E-state index >= 15 is 0 Å². The number of nitrogens with one attached hydrogen (secondary N) is 1. The van der Waals surface area contributed by atoms with Crippen molar-refractivity contribution in [3.05, 3.63) is 29.8 Å². The van der Waals surface area contributed by atoms with E-state index in [1.807, 2.05) is 0 Å². The predicted octanol–water partition coefficient (Wildman–Crippen LogP) is 1.75. The van der Waals surface area contributed by atoms with E-state index in [2.05, 4.69) is 10.1 Å². The summed E-state index contributed by atoms with van der Waals surface area (Å²) in [6.45, 7) is 0.417. The molecule has 1 aromatic carbocycles. The third-order valence-electron chi connectivity index (χ3n) is 3.24. The fourth-order valence-corrected chi connectivity index (χ4v) is 1.73. The lowest BCUT2D eigenvalue weighted by Gasteiger charge is -2.12. The van der Waals surface area contributed by atoms with E-state index in [-0.39, 0.29) is 5.97 Å². The van der Waals surface area contributed by atoms with Gasteiger partial charge >= 0.3 is 11.9 Å². The lowest BCUT2D eigenvalue weighted by atomic mass is 10.1. The van der Waals surface area contributed by atoms with Gasteiger partial charge in [0, 0.05) is 12.2 Å². The van der Waals surface area contributed by atoms with Gasteiger partial charge in [-0.05, 0) is 37.1 Å². The summed E-state index contributed by atoms with van der Waals surface area (Å²) in [7, 11) is 1.33. The lowest BCUT2D eigenvalue weighted by Crippen LogP contribution is -2.24. The van der Waals surface area contributed by atoms with Gasteiger partial charge in [-0.3, -0.25) is 4.79 Å². The van der Waals surface area contributed by atoms with E-state index in [0.29, 0.717) is 12.1 Å². The normalized spacial score (nSPS) is 15.8. The van der Waals surface area contributed by atoms with Crippen LogP contribution >= 0.6 is 0 Å². The number of hydrogen-bond acceptors (Lipinski definition) is 4. The van der Waals surface area contributed by atoms with Gasteiger partial charge in [-0.25, -0.2) is 4.79 Å². The van der Waals surface area contributed by atoms with E-state index in [1.165, 1.54) is 7.11 Å². The molecule has 0 amide bonds. The topological polar surface area (TPSA) is 75.6 Å². The zero-order valence-electron chi connectivity index (χ0n) is 10.1. The molecule has 5 nitrogen and oxygen atoms in total. The van der Waals surface area contributed by atoms with Crippen LogP contribution in [-0.2, 0) is 9.53 Å². The van der Waals surface area contributed by atoms with Crippen molar-refractivity contribution in [1.82, 2.24) is 0 Å². The van der Waals surface area contributed by atoms with Crippen LogP contribution in [0.4, 0.5) is 5.69 Å². The molecule has 2 rings (SSSR count). The number of rotatable bonds is 5. The number of aliphatic carboxylic acids is 1. The Morgan fingerprint density at radius 3 is 2.39 bits per heavy atom. The highest BCUT2D eigenvalue weighted by Crippen LogP contribution is 2.45. The zero-order valence-corrected chi connectivity index (χ0v) is 10.1. The maximum atomic E-state index is 11.2. The van der Waals surface area contributed by atoms with Gasteiger partial charge in [-0.1, -0.05) is 0 Å². The smallest absolute Gasteiger partial charge is 0.337 e. The van der Waals surface area contributed by atoms with Gasteiger partial charge in [0.2, 0.25) is 0 Å². The molecule has 0 bridgehead atoms. The van der Waals surface area contributed by atoms with Crippen LogP contribution in [0.15, 0.2) is 24.3 Å². The van der Waals surface area contributed by atoms with Crippen molar-refractivity contribution in [1.29, 1.82) is 0 Å². The highest BCUT2D eigenvalue weighted by atomic mass is 16.5. The molecule has 0 radical (unpaired) electrons. The number of carboxylic acid groups (broad SMARTS) is 1. The first kappa shape index (κ1) is 12.4. The SMILES string of the molecule is COC(=O)c1ccc(NCC2(C(=O)O)CC2)cc1. The van der Waals surface area contributed by atoms with Crippen LogP contribution in [0.5, 0.6) is 0 Å². The summed E-state index contributed by atoms with van der Waals surface area (Å²) in [6, 6.07) is 6.78. The molecule has 0 heterocycles. The average molecular weight is 249 g/mol. The molecule has 0 atom stereocenters. The number of carbonyl (C=O) groups is 2. The Kier molecular flexibility index (Phi) is 3.23. The van der Waals surface area contributed by atoms with Gasteiger partial charge in [0.25, 0.3) is 0 Å². The lowest BCUT2D eigenvalue weighted by molar-refractivity contribution is -0.142. The van der Waals surface area contributed by atoms with E-state index in [1.54, 1.807) is 24.3 Å². The zero-order chi connectivity index (χ0) is 13.2. The van der Waals surface area contributed by atoms with Crippen molar-refractivity contribution in [2.75, 3.05) is 19.0 Å². The Labute approximate surface area is 105 Å². The third kappa shape index (κ3) is 2.45. The minimum atomic E-state index is -0.749. The number of esters is 1. The van der Waals surface area contributed by atoms with Crippen LogP contribution in [0.25, 0.3) is 0 Å². The molecule has 1 saturated carbocycles. The van der Waals surface area contributed by atoms with Crippen molar-refractivity contribution in [3.8, 4) is 0 Å². The van der Waals surface area contributed by atoms with Crippen LogP contribution in [0.2, 0.25) is 0 Å². The van der Waals surface area contributed by atoms with E-state index in [9.17, 15) is 9.59 Å². The second-order valence-electron chi connectivity index (χ2n) is 4.51. The first-order valence-electron chi connectivity index (χ1n) is 5.73. The number of benzene rings is 1. The predicted molar refractivity (Wildman–Crippen MR) is 65.6 cm³/mol. The quantitative estimate of drug-likeness (QED) is 0.777. The van der Waals surface area contributed by atoms with E-state index < -0.39 is 11.4 Å². The Morgan fingerprint density at radius 1 is 1.33 bits per heavy atom. The number of hydrogen-bond donors (Lipinski definition) is 2. The molecule has 18 heavy (non-hydrogen) atoms. The summed E-state index contributed by atoms with van der Waals surface area (Å²) in [4.78, 5) is 22.2. The van der Waals surface area contributed by atoms with Gasteiger partial charge in [-0.2, -0.15) is 0 Å². The summed E-state index contributed by atoms with van der Waals surface area (Å²) in [5.41, 5.74) is 0.679. The van der Waals surface area contributed by atoms with E-state index in [4.69, 9.17) is 5.11 Å². The summed E-state index contributed by atoms with van der Waals surface area (Å²) < 4.78 is 4.59. The summed E-state index contributed by atoms with van der Waals surface area (Å²) in [5.74, 6) is -1.13. The number of carboxylic acids is 1. The number of anilines is 1. The minimum absolute atomic E-state index is 0.384. The third-order valence-corrected chi connectivity index (χ3v) is 3.24. The summed E-state index contributed by atoms with van der Waals surface area (Å²) in [5, 5.41) is 12.1. The highest BCUT2D eigenvalue weighted by Gasteiger charge is 2.49. The summed E-state index contributed by atoms with van der Waals surface area (Å²) in [6.07, 6.45) is 1.44. The molecule has 0 unspecified atom stereocenters. The molecule has 1 aliphatic rings. The van der Waals surface area contributed by atoms with Crippen molar-refractivity contribution in [2.45, 2.75) is 12.8 Å². The molecular formula is C13H15NO4. The first-order chi connectivity index (χ1) is 8.57. The van der Waals surface area contributed by atoms with E-state index in [0.717, 1.165) is 18.5 Å². The first-order valence-corrected chi connectivity index (χ1v) is 5.73. The number of ether oxygens (including phenoxy) is 1. The highest BCUT2D eigenvalue weighted by molar-refractivity contribution is 5.89. The minimum Gasteiger partial charge on any atom is -0.481 e. The Balaban J connectivity index is 1.95. The average Bonchev–Trinajstić information content (AvgIpc) is 3.17. The monoisotopic (exact) mass is 249 g/mol. The molecule has 96 valence electrons. The largest absolute Gasteiger partial charge is 0.481 e. The molecule has 0 saturated heterocycles. The second kappa shape index (κ2) is 4.68. The van der Waals surface area contributed by atoms with Crippen molar-refractivity contribution >= 4 is 17.6 Å². The van der Waals surface area contributed by atoms with Gasteiger partial charge in [-0.15, -0.1) is 0 Å². The Hall–Kier alpha value is -2.04. The molecule has 5 heteroatoms. The maximum Gasteiger partial charge on any atom is 0.337 e. The molecule has 0 aromatic heterocycles. The number of methoxy groups -OCH3 is 1. The molecule has 1 aromatic rings. The maximum absolute atomic E-state index is 11.2. The van der Waals surface area contributed by atoms with Gasteiger partial charge in [0.15, 0.2) is 0 Å². The van der Waals surface area contributed by atoms with Crippen LogP contribution in [0.3, 0.4) is 0 Å². The van der Waals surface area contributed by atoms with Crippen LogP contribution < -0.4 is 5.32 Å². The fraction of sp³-hybridized carbons (Fsp3) is 0.385. The molecule has 1 fully saturated rings.